The van der Waals surface area contributed by atoms with Crippen LogP contribution in [0.4, 0.5) is 0 Å². The van der Waals surface area contributed by atoms with Gasteiger partial charge in [-0.15, -0.1) is 5.10 Å². The van der Waals surface area contributed by atoms with Crippen molar-refractivity contribution in [3.63, 3.8) is 0 Å². The number of hydrogen-bond donors (Lipinski definition) is 1. The van der Waals surface area contributed by atoms with Gasteiger partial charge in [0.2, 0.25) is 0 Å². The second-order valence-electron chi connectivity index (χ2n) is 4.05. The molecule has 0 aromatic carbocycles. The van der Waals surface area contributed by atoms with Crippen molar-refractivity contribution >= 4 is 5.97 Å². The molecule has 1 saturated carbocycles. The third-order valence-electron chi connectivity index (χ3n) is 2.98. The SMILES string of the molecule is CC(C(=O)O)n1nnnc1CC1CCC1. The zero-order chi connectivity index (χ0) is 10.8. The summed E-state index contributed by atoms with van der Waals surface area (Å²) < 4.78 is 1.40. The highest BCUT2D eigenvalue weighted by atomic mass is 16.4. The predicted molar refractivity (Wildman–Crippen MR) is 51.2 cm³/mol. The average molecular weight is 210 g/mol. The van der Waals surface area contributed by atoms with Crippen molar-refractivity contribution in [1.82, 2.24) is 20.2 Å². The zero-order valence-electron chi connectivity index (χ0n) is 8.63. The molecule has 6 heteroatoms. The maximum Gasteiger partial charge on any atom is 0.328 e. The van der Waals surface area contributed by atoms with Gasteiger partial charge in [0.05, 0.1) is 0 Å². The number of aliphatic carboxylic acids is 1. The van der Waals surface area contributed by atoms with Gasteiger partial charge in [-0.2, -0.15) is 0 Å². The number of carboxylic acid groups (broad SMARTS) is 1. The van der Waals surface area contributed by atoms with E-state index >= 15 is 0 Å². The Bertz CT molecular complexity index is 359. The molecule has 1 N–H and O–H groups in total. The maximum atomic E-state index is 10.8. The van der Waals surface area contributed by atoms with Gasteiger partial charge in [-0.3, -0.25) is 0 Å². The Balaban J connectivity index is 2.10. The quantitative estimate of drug-likeness (QED) is 0.789. The van der Waals surface area contributed by atoms with E-state index in [-0.39, 0.29) is 0 Å². The molecule has 1 aliphatic rings. The summed E-state index contributed by atoms with van der Waals surface area (Å²) in [7, 11) is 0. The normalized spacial score (nSPS) is 18.5. The summed E-state index contributed by atoms with van der Waals surface area (Å²) in [6.45, 7) is 1.59. The van der Waals surface area contributed by atoms with Gasteiger partial charge < -0.3 is 5.11 Å². The first-order valence-electron chi connectivity index (χ1n) is 5.18. The fourth-order valence-electron chi connectivity index (χ4n) is 1.71. The van der Waals surface area contributed by atoms with E-state index in [0.29, 0.717) is 11.7 Å². The zero-order valence-corrected chi connectivity index (χ0v) is 8.63. The summed E-state index contributed by atoms with van der Waals surface area (Å²) in [5, 5.41) is 20.0. The van der Waals surface area contributed by atoms with Gasteiger partial charge in [0, 0.05) is 6.42 Å². The first-order chi connectivity index (χ1) is 7.18. The van der Waals surface area contributed by atoms with Crippen molar-refractivity contribution in [2.75, 3.05) is 0 Å². The molecule has 0 bridgehead atoms. The van der Waals surface area contributed by atoms with Crippen LogP contribution in [0.5, 0.6) is 0 Å². The van der Waals surface area contributed by atoms with Gasteiger partial charge in [0.15, 0.2) is 5.82 Å². The van der Waals surface area contributed by atoms with Gasteiger partial charge in [-0.05, 0) is 23.3 Å². The highest BCUT2D eigenvalue weighted by molar-refractivity contribution is 5.71. The predicted octanol–water partition coefficient (Wildman–Crippen LogP) is 0.661. The van der Waals surface area contributed by atoms with Crippen LogP contribution in [0.1, 0.15) is 38.1 Å². The molecule has 0 amide bonds. The fourth-order valence-corrected chi connectivity index (χ4v) is 1.71. The van der Waals surface area contributed by atoms with Crippen LogP contribution >= 0.6 is 0 Å². The Morgan fingerprint density at radius 2 is 2.40 bits per heavy atom. The van der Waals surface area contributed by atoms with Crippen LogP contribution in [0.25, 0.3) is 0 Å². The molecule has 1 atom stereocenters. The molecule has 1 unspecified atom stereocenters. The molecule has 6 nitrogen and oxygen atoms in total. The molecule has 15 heavy (non-hydrogen) atoms. The number of nitrogens with zero attached hydrogens (tertiary/aromatic N) is 4. The Morgan fingerprint density at radius 3 is 2.93 bits per heavy atom. The van der Waals surface area contributed by atoms with Crippen molar-refractivity contribution in [1.29, 1.82) is 0 Å². The van der Waals surface area contributed by atoms with Crippen molar-refractivity contribution in [3.8, 4) is 0 Å². The van der Waals surface area contributed by atoms with Crippen LogP contribution in [-0.4, -0.2) is 31.3 Å². The second-order valence-corrected chi connectivity index (χ2v) is 4.05. The minimum Gasteiger partial charge on any atom is -0.480 e. The standard InChI is InChI=1S/C9H14N4O2/c1-6(9(14)15)13-8(10-11-12-13)5-7-3-2-4-7/h6-7H,2-5H2,1H3,(H,14,15). The maximum absolute atomic E-state index is 10.8. The number of rotatable bonds is 4. The number of hydrogen-bond acceptors (Lipinski definition) is 4. The van der Waals surface area contributed by atoms with Crippen LogP contribution in [-0.2, 0) is 11.2 Å². The second kappa shape index (κ2) is 3.96. The third-order valence-corrected chi connectivity index (χ3v) is 2.98. The summed E-state index contributed by atoms with van der Waals surface area (Å²) in [6.07, 6.45) is 4.47. The average Bonchev–Trinajstić information content (AvgIpc) is 2.57. The van der Waals surface area contributed by atoms with Crippen LogP contribution in [0.3, 0.4) is 0 Å². The molecule has 1 fully saturated rings. The van der Waals surface area contributed by atoms with E-state index in [1.54, 1.807) is 6.92 Å². The molecule has 0 radical (unpaired) electrons. The van der Waals surface area contributed by atoms with Gasteiger partial charge >= 0.3 is 5.97 Å². The van der Waals surface area contributed by atoms with E-state index < -0.39 is 12.0 Å². The van der Waals surface area contributed by atoms with Crippen molar-refractivity contribution < 1.29 is 9.90 Å². The number of carboxylic acids is 1. The van der Waals surface area contributed by atoms with E-state index in [1.807, 2.05) is 0 Å². The summed E-state index contributed by atoms with van der Waals surface area (Å²) in [5.74, 6) is 0.419. The minimum absolute atomic E-state index is 0.635. The first-order valence-corrected chi connectivity index (χ1v) is 5.18. The Morgan fingerprint density at radius 1 is 1.67 bits per heavy atom. The Labute approximate surface area is 87.3 Å². The van der Waals surface area contributed by atoms with Gasteiger partial charge in [0.25, 0.3) is 0 Å². The number of tetrazole rings is 1. The lowest BCUT2D eigenvalue weighted by Crippen LogP contribution is -2.22. The summed E-state index contributed by atoms with van der Waals surface area (Å²) in [4.78, 5) is 10.8. The Hall–Kier alpha value is -1.46. The first kappa shape index (κ1) is 10.1. The highest BCUT2D eigenvalue weighted by Crippen LogP contribution is 2.29. The molecule has 82 valence electrons. The molecule has 0 saturated heterocycles. The molecular weight excluding hydrogens is 196 g/mol. The smallest absolute Gasteiger partial charge is 0.328 e. The van der Waals surface area contributed by atoms with E-state index in [9.17, 15) is 4.79 Å². The van der Waals surface area contributed by atoms with Gasteiger partial charge in [-0.1, -0.05) is 19.3 Å². The molecule has 0 aliphatic heterocycles. The molecule has 2 rings (SSSR count). The molecular formula is C9H14N4O2. The summed E-state index contributed by atoms with van der Waals surface area (Å²) in [6, 6.07) is -0.685. The molecule has 1 aromatic rings. The van der Waals surface area contributed by atoms with E-state index in [4.69, 9.17) is 5.11 Å². The lowest BCUT2D eigenvalue weighted by atomic mass is 9.83. The van der Waals surface area contributed by atoms with Crippen LogP contribution in [0.2, 0.25) is 0 Å². The summed E-state index contributed by atoms with van der Waals surface area (Å²) >= 11 is 0. The topological polar surface area (TPSA) is 80.9 Å². The van der Waals surface area contributed by atoms with E-state index in [1.165, 1.54) is 23.9 Å². The largest absolute Gasteiger partial charge is 0.480 e. The summed E-state index contributed by atoms with van der Waals surface area (Å²) in [5.41, 5.74) is 0. The molecule has 1 aromatic heterocycles. The highest BCUT2D eigenvalue weighted by Gasteiger charge is 2.24. The van der Waals surface area contributed by atoms with Gasteiger partial charge in [0.1, 0.15) is 6.04 Å². The van der Waals surface area contributed by atoms with Crippen LogP contribution in [0.15, 0.2) is 0 Å². The number of aromatic nitrogens is 4. The van der Waals surface area contributed by atoms with Crippen molar-refractivity contribution in [2.24, 2.45) is 5.92 Å². The fraction of sp³-hybridized carbons (Fsp3) is 0.778. The van der Waals surface area contributed by atoms with Gasteiger partial charge in [-0.25, -0.2) is 9.48 Å². The third kappa shape index (κ3) is 1.98. The monoisotopic (exact) mass is 210 g/mol. The molecule has 0 spiro atoms. The van der Waals surface area contributed by atoms with Crippen molar-refractivity contribution in [3.05, 3.63) is 5.82 Å². The lowest BCUT2D eigenvalue weighted by molar-refractivity contribution is -0.140. The van der Waals surface area contributed by atoms with Crippen LogP contribution in [0, 0.1) is 5.92 Å². The van der Waals surface area contributed by atoms with E-state index in [0.717, 1.165) is 6.42 Å². The minimum atomic E-state index is -0.905. The number of carbonyl (C=O) groups is 1. The van der Waals surface area contributed by atoms with Crippen LogP contribution < -0.4 is 0 Å². The van der Waals surface area contributed by atoms with Crippen molar-refractivity contribution in [2.45, 2.75) is 38.6 Å². The van der Waals surface area contributed by atoms with E-state index in [2.05, 4.69) is 15.5 Å². The molecule has 1 aliphatic carbocycles. The Kier molecular flexibility index (Phi) is 2.66. The lowest BCUT2D eigenvalue weighted by Gasteiger charge is -2.24. The molecule has 1 heterocycles.